The Bertz CT molecular complexity index is 1270. The summed E-state index contributed by atoms with van der Waals surface area (Å²) in [5.74, 6) is 0.0653. The molecule has 1 aliphatic carbocycles. The number of halogens is 1. The number of amides is 2. The lowest BCUT2D eigenvalue weighted by Gasteiger charge is -2.36. The number of hydrogen-bond donors (Lipinski definition) is 2. The fourth-order valence-corrected chi connectivity index (χ4v) is 5.67. The summed E-state index contributed by atoms with van der Waals surface area (Å²) in [6.07, 6.45) is 1.16. The summed E-state index contributed by atoms with van der Waals surface area (Å²) >= 11 is 7.87. The number of allylic oxidation sites excluding steroid dienone is 1. The molecule has 7 heteroatoms. The lowest BCUT2D eigenvalue weighted by atomic mass is 9.74. The number of para-hydroxylation sites is 3. The van der Waals surface area contributed by atoms with Crippen LogP contribution in [-0.4, -0.2) is 11.8 Å². The van der Waals surface area contributed by atoms with E-state index in [4.69, 9.17) is 11.6 Å². The molecule has 0 radical (unpaired) electrons. The van der Waals surface area contributed by atoms with E-state index in [-0.39, 0.29) is 17.2 Å². The highest BCUT2D eigenvalue weighted by molar-refractivity contribution is 7.10. The molecule has 2 heterocycles. The molecule has 0 spiro atoms. The molecule has 2 N–H and O–H groups in total. The van der Waals surface area contributed by atoms with Crippen molar-refractivity contribution in [1.82, 2.24) is 0 Å². The van der Waals surface area contributed by atoms with Crippen molar-refractivity contribution >= 4 is 51.8 Å². The van der Waals surface area contributed by atoms with E-state index < -0.39 is 6.04 Å². The highest BCUT2D eigenvalue weighted by atomic mass is 35.5. The minimum Gasteiger partial charge on any atom is -0.357 e. The SMILES string of the molecule is CC1(C)CC(=O)C2=C(C1)Nc1ccccc1N(C(=O)Nc1ccccc1Cl)[C@@H]2c1cccs1. The fourth-order valence-electron chi connectivity index (χ4n) is 4.66. The molecule has 2 amide bonds. The summed E-state index contributed by atoms with van der Waals surface area (Å²) < 4.78 is 0. The minimum atomic E-state index is -0.540. The molecule has 168 valence electrons. The van der Waals surface area contributed by atoms with Crippen LogP contribution in [0.5, 0.6) is 0 Å². The Morgan fingerprint density at radius 1 is 1.09 bits per heavy atom. The van der Waals surface area contributed by atoms with Crippen molar-refractivity contribution in [3.05, 3.63) is 87.2 Å². The molecule has 0 fully saturated rings. The number of carbonyl (C=O) groups excluding carboxylic acids is 2. The van der Waals surface area contributed by atoms with Crippen LogP contribution in [0.3, 0.4) is 0 Å². The van der Waals surface area contributed by atoms with E-state index in [1.807, 2.05) is 53.9 Å². The molecule has 5 rings (SSSR count). The number of anilines is 3. The van der Waals surface area contributed by atoms with Crippen molar-refractivity contribution in [2.75, 3.05) is 15.5 Å². The molecule has 0 saturated carbocycles. The van der Waals surface area contributed by atoms with Crippen LogP contribution in [0.15, 0.2) is 77.3 Å². The van der Waals surface area contributed by atoms with Gasteiger partial charge in [0.2, 0.25) is 0 Å². The van der Waals surface area contributed by atoms with Gasteiger partial charge in [0.25, 0.3) is 0 Å². The normalized spacial score (nSPS) is 19.3. The van der Waals surface area contributed by atoms with Crippen molar-refractivity contribution in [2.24, 2.45) is 5.41 Å². The second kappa shape index (κ2) is 8.36. The molecule has 1 aliphatic heterocycles. The first-order valence-corrected chi connectivity index (χ1v) is 12.1. The number of carbonyl (C=O) groups is 2. The number of nitrogens with zero attached hydrogens (tertiary/aromatic N) is 1. The number of hydrogen-bond acceptors (Lipinski definition) is 4. The summed E-state index contributed by atoms with van der Waals surface area (Å²) in [4.78, 5) is 30.0. The van der Waals surface area contributed by atoms with Gasteiger partial charge in [-0.25, -0.2) is 4.79 Å². The number of urea groups is 1. The molecule has 0 unspecified atom stereocenters. The van der Waals surface area contributed by atoms with Crippen LogP contribution >= 0.6 is 22.9 Å². The second-order valence-corrected chi connectivity index (χ2v) is 10.6. The monoisotopic (exact) mass is 477 g/mol. The standard InChI is InChI=1S/C26H24ClN3O2S/c1-26(2)14-19-23(21(31)15-26)24(22-12-7-13-33-22)30(20-11-6-5-10-18(20)28-19)25(32)29-17-9-4-3-8-16(17)27/h3-13,24,28H,14-15H2,1-2H3,(H,29,32)/t24-/m1/s1. The lowest BCUT2D eigenvalue weighted by molar-refractivity contribution is -0.118. The summed E-state index contributed by atoms with van der Waals surface area (Å²) in [6.45, 7) is 4.21. The number of nitrogens with one attached hydrogen (secondary N) is 2. The largest absolute Gasteiger partial charge is 0.357 e. The topological polar surface area (TPSA) is 61.4 Å². The molecule has 1 atom stereocenters. The number of Topliss-reactive ketones (excluding diaryl/α,β-unsaturated/α-hetero) is 1. The molecule has 5 nitrogen and oxygen atoms in total. The zero-order valence-electron chi connectivity index (χ0n) is 18.4. The zero-order valence-corrected chi connectivity index (χ0v) is 20.0. The first kappa shape index (κ1) is 21.7. The van der Waals surface area contributed by atoms with Gasteiger partial charge in [-0.05, 0) is 47.5 Å². The van der Waals surface area contributed by atoms with E-state index in [1.54, 1.807) is 17.0 Å². The number of rotatable bonds is 2. The van der Waals surface area contributed by atoms with Gasteiger partial charge in [0.1, 0.15) is 6.04 Å². The summed E-state index contributed by atoms with van der Waals surface area (Å²) in [6, 6.07) is 17.9. The Labute approximate surface area is 202 Å². The Balaban J connectivity index is 1.70. The van der Waals surface area contributed by atoms with Gasteiger partial charge in [-0.3, -0.25) is 9.69 Å². The third-order valence-electron chi connectivity index (χ3n) is 6.05. The van der Waals surface area contributed by atoms with E-state index in [2.05, 4.69) is 24.5 Å². The quantitative estimate of drug-likeness (QED) is 0.408. The predicted octanol–water partition coefficient (Wildman–Crippen LogP) is 7.25. The third kappa shape index (κ3) is 4.05. The molecule has 3 aromatic rings. The lowest BCUT2D eigenvalue weighted by Crippen LogP contribution is -2.41. The van der Waals surface area contributed by atoms with Gasteiger partial charge in [0.05, 0.1) is 22.1 Å². The van der Waals surface area contributed by atoms with Crippen LogP contribution in [0, 0.1) is 5.41 Å². The van der Waals surface area contributed by atoms with Crippen LogP contribution in [0.25, 0.3) is 0 Å². The van der Waals surface area contributed by atoms with Crippen molar-refractivity contribution < 1.29 is 9.59 Å². The molecule has 33 heavy (non-hydrogen) atoms. The zero-order chi connectivity index (χ0) is 23.2. The maximum Gasteiger partial charge on any atom is 0.327 e. The number of benzene rings is 2. The Hall–Kier alpha value is -3.09. The third-order valence-corrected chi connectivity index (χ3v) is 7.30. The number of fused-ring (bicyclic) bond motifs is 1. The van der Waals surface area contributed by atoms with E-state index >= 15 is 0 Å². The molecular weight excluding hydrogens is 454 g/mol. The van der Waals surface area contributed by atoms with Gasteiger partial charge in [-0.15, -0.1) is 11.3 Å². The molecule has 1 aromatic heterocycles. The van der Waals surface area contributed by atoms with Crippen molar-refractivity contribution in [3.8, 4) is 0 Å². The number of thiophene rings is 1. The minimum absolute atomic E-state index is 0.0653. The van der Waals surface area contributed by atoms with Crippen LogP contribution in [-0.2, 0) is 4.79 Å². The first-order chi connectivity index (χ1) is 15.8. The van der Waals surface area contributed by atoms with Gasteiger partial charge < -0.3 is 10.6 Å². The summed E-state index contributed by atoms with van der Waals surface area (Å²) in [7, 11) is 0. The average Bonchev–Trinajstić information content (AvgIpc) is 3.24. The summed E-state index contributed by atoms with van der Waals surface area (Å²) in [5, 5.41) is 8.91. The number of ketones is 1. The van der Waals surface area contributed by atoms with Gasteiger partial charge in [-0.1, -0.05) is 55.8 Å². The van der Waals surface area contributed by atoms with E-state index in [0.29, 0.717) is 28.4 Å². The van der Waals surface area contributed by atoms with E-state index in [9.17, 15) is 9.59 Å². The maximum atomic E-state index is 13.8. The van der Waals surface area contributed by atoms with Gasteiger partial charge in [-0.2, -0.15) is 0 Å². The second-order valence-electron chi connectivity index (χ2n) is 9.17. The van der Waals surface area contributed by atoms with E-state index in [1.165, 1.54) is 11.3 Å². The Morgan fingerprint density at radius 2 is 1.85 bits per heavy atom. The van der Waals surface area contributed by atoms with Crippen LogP contribution in [0.4, 0.5) is 21.9 Å². The maximum absolute atomic E-state index is 13.8. The van der Waals surface area contributed by atoms with Crippen LogP contribution < -0.4 is 15.5 Å². The molecule has 2 aliphatic rings. The van der Waals surface area contributed by atoms with Gasteiger partial charge in [0.15, 0.2) is 5.78 Å². The van der Waals surface area contributed by atoms with Gasteiger partial charge >= 0.3 is 6.03 Å². The molecule has 0 saturated heterocycles. The van der Waals surface area contributed by atoms with Crippen LogP contribution in [0.2, 0.25) is 5.02 Å². The highest BCUT2D eigenvalue weighted by Gasteiger charge is 2.43. The fraction of sp³-hybridized carbons (Fsp3) is 0.231. The molecular formula is C26H24ClN3O2S. The predicted molar refractivity (Wildman–Crippen MR) is 135 cm³/mol. The first-order valence-electron chi connectivity index (χ1n) is 10.8. The van der Waals surface area contributed by atoms with Crippen LogP contribution in [0.1, 0.15) is 37.6 Å². The van der Waals surface area contributed by atoms with Crippen molar-refractivity contribution in [3.63, 3.8) is 0 Å². The average molecular weight is 478 g/mol. The highest BCUT2D eigenvalue weighted by Crippen LogP contribution is 2.49. The Kier molecular flexibility index (Phi) is 5.51. The molecule has 0 bridgehead atoms. The molecule has 2 aromatic carbocycles. The van der Waals surface area contributed by atoms with Crippen molar-refractivity contribution in [1.29, 1.82) is 0 Å². The van der Waals surface area contributed by atoms with Crippen molar-refractivity contribution in [2.45, 2.75) is 32.7 Å². The van der Waals surface area contributed by atoms with Gasteiger partial charge in [0, 0.05) is 22.6 Å². The summed E-state index contributed by atoms with van der Waals surface area (Å²) in [5.41, 5.74) is 3.41. The Morgan fingerprint density at radius 3 is 2.61 bits per heavy atom. The smallest absolute Gasteiger partial charge is 0.327 e. The van der Waals surface area contributed by atoms with E-state index in [0.717, 1.165) is 22.7 Å².